The Labute approximate surface area is 125 Å². The van der Waals surface area contributed by atoms with Gasteiger partial charge in [-0.1, -0.05) is 6.07 Å². The Morgan fingerprint density at radius 3 is 2.67 bits per heavy atom. The SMILES string of the molecule is Cc1ccc2n1CCN(S(=O)(=O)c1cccc(N)c1)C2C. The minimum atomic E-state index is -3.53. The molecule has 2 aromatic rings. The molecule has 0 fully saturated rings. The highest BCUT2D eigenvalue weighted by atomic mass is 32.2. The second-order valence-electron chi connectivity index (χ2n) is 5.42. The highest BCUT2D eigenvalue weighted by Gasteiger charge is 2.34. The Balaban J connectivity index is 2.01. The van der Waals surface area contributed by atoms with E-state index in [1.807, 2.05) is 26.0 Å². The molecule has 0 saturated carbocycles. The predicted octanol–water partition coefficient (Wildman–Crippen LogP) is 2.14. The van der Waals surface area contributed by atoms with Gasteiger partial charge in [-0.3, -0.25) is 0 Å². The first-order valence-corrected chi connectivity index (χ1v) is 8.38. The van der Waals surface area contributed by atoms with Gasteiger partial charge >= 0.3 is 0 Å². The van der Waals surface area contributed by atoms with Gasteiger partial charge in [0.25, 0.3) is 0 Å². The predicted molar refractivity (Wildman–Crippen MR) is 82.3 cm³/mol. The first kappa shape index (κ1) is 14.2. The summed E-state index contributed by atoms with van der Waals surface area (Å²) in [5, 5.41) is 0. The van der Waals surface area contributed by atoms with Crippen LogP contribution >= 0.6 is 0 Å². The highest BCUT2D eigenvalue weighted by molar-refractivity contribution is 7.89. The average Bonchev–Trinajstić information content (AvgIpc) is 2.82. The summed E-state index contributed by atoms with van der Waals surface area (Å²) in [6.07, 6.45) is 0. The number of aromatic nitrogens is 1. The zero-order valence-electron chi connectivity index (χ0n) is 12.2. The summed E-state index contributed by atoms with van der Waals surface area (Å²) in [6.45, 7) is 5.12. The number of sulfonamides is 1. The van der Waals surface area contributed by atoms with Gasteiger partial charge in [0, 0.05) is 30.2 Å². The molecule has 3 rings (SSSR count). The number of hydrogen-bond donors (Lipinski definition) is 1. The van der Waals surface area contributed by atoms with Crippen molar-refractivity contribution in [3.8, 4) is 0 Å². The lowest BCUT2D eigenvalue weighted by Crippen LogP contribution is -2.41. The largest absolute Gasteiger partial charge is 0.399 e. The molecule has 0 bridgehead atoms. The molecule has 1 aliphatic heterocycles. The molecule has 0 radical (unpaired) electrons. The molecule has 1 unspecified atom stereocenters. The van der Waals surface area contributed by atoms with E-state index in [1.165, 1.54) is 6.07 Å². The second-order valence-corrected chi connectivity index (χ2v) is 7.31. The van der Waals surface area contributed by atoms with Crippen molar-refractivity contribution < 1.29 is 8.42 Å². The molecule has 6 heteroatoms. The van der Waals surface area contributed by atoms with E-state index in [2.05, 4.69) is 4.57 Å². The molecule has 2 heterocycles. The van der Waals surface area contributed by atoms with Crippen LogP contribution in [0.1, 0.15) is 24.4 Å². The number of nitrogens with zero attached hydrogens (tertiary/aromatic N) is 2. The van der Waals surface area contributed by atoms with Crippen LogP contribution in [0.5, 0.6) is 0 Å². The molecule has 1 aliphatic rings. The Hall–Kier alpha value is -1.79. The molecule has 0 saturated heterocycles. The maximum atomic E-state index is 12.8. The third kappa shape index (κ3) is 2.24. The topological polar surface area (TPSA) is 68.3 Å². The molecular weight excluding hydrogens is 286 g/mol. The van der Waals surface area contributed by atoms with Gasteiger partial charge in [-0.15, -0.1) is 0 Å². The number of nitrogens with two attached hydrogens (primary N) is 1. The molecule has 1 atom stereocenters. The Morgan fingerprint density at radius 1 is 1.19 bits per heavy atom. The standard InChI is InChI=1S/C15H19N3O2S/c1-11-6-7-15-12(2)18(9-8-17(11)15)21(19,20)14-5-3-4-13(16)10-14/h3-7,10,12H,8-9,16H2,1-2H3. The van der Waals surface area contributed by atoms with Crippen molar-refractivity contribution in [2.75, 3.05) is 12.3 Å². The number of benzene rings is 1. The van der Waals surface area contributed by atoms with Crippen molar-refractivity contribution in [1.82, 2.24) is 8.87 Å². The van der Waals surface area contributed by atoms with Crippen molar-refractivity contribution in [3.05, 3.63) is 47.8 Å². The molecule has 21 heavy (non-hydrogen) atoms. The zero-order valence-corrected chi connectivity index (χ0v) is 13.0. The fraction of sp³-hybridized carbons (Fsp3) is 0.333. The average molecular weight is 305 g/mol. The fourth-order valence-corrected chi connectivity index (χ4v) is 4.59. The Bertz CT molecular complexity index is 780. The first-order chi connectivity index (χ1) is 9.91. The Morgan fingerprint density at radius 2 is 1.95 bits per heavy atom. The molecule has 112 valence electrons. The van der Waals surface area contributed by atoms with E-state index in [1.54, 1.807) is 22.5 Å². The number of aryl methyl sites for hydroxylation is 1. The van der Waals surface area contributed by atoms with Crippen LogP contribution < -0.4 is 5.73 Å². The maximum absolute atomic E-state index is 12.8. The minimum Gasteiger partial charge on any atom is -0.399 e. The van der Waals surface area contributed by atoms with Crippen LogP contribution in [-0.2, 0) is 16.6 Å². The molecule has 0 amide bonds. The van der Waals surface area contributed by atoms with Gasteiger partial charge in [0.2, 0.25) is 10.0 Å². The van der Waals surface area contributed by atoms with E-state index in [-0.39, 0.29) is 10.9 Å². The van der Waals surface area contributed by atoms with Gasteiger partial charge < -0.3 is 10.3 Å². The van der Waals surface area contributed by atoms with E-state index >= 15 is 0 Å². The third-order valence-corrected chi connectivity index (χ3v) is 6.07. The van der Waals surface area contributed by atoms with Crippen LogP contribution in [0.3, 0.4) is 0 Å². The summed E-state index contributed by atoms with van der Waals surface area (Å²) in [4.78, 5) is 0.256. The molecular formula is C15H19N3O2S. The van der Waals surface area contributed by atoms with Crippen LogP contribution in [0.2, 0.25) is 0 Å². The van der Waals surface area contributed by atoms with Crippen molar-refractivity contribution in [2.45, 2.75) is 31.3 Å². The monoisotopic (exact) mass is 305 g/mol. The van der Waals surface area contributed by atoms with Crippen molar-refractivity contribution in [1.29, 1.82) is 0 Å². The highest BCUT2D eigenvalue weighted by Crippen LogP contribution is 2.32. The van der Waals surface area contributed by atoms with Crippen LogP contribution in [0.25, 0.3) is 0 Å². The normalized spacial score (nSPS) is 19.4. The lowest BCUT2D eigenvalue weighted by atomic mass is 10.2. The summed E-state index contributed by atoms with van der Waals surface area (Å²) in [6, 6.07) is 10.3. The van der Waals surface area contributed by atoms with Crippen LogP contribution in [-0.4, -0.2) is 23.8 Å². The van der Waals surface area contributed by atoms with Crippen LogP contribution in [0, 0.1) is 6.92 Å². The summed E-state index contributed by atoms with van der Waals surface area (Å²) >= 11 is 0. The number of nitrogen functional groups attached to an aromatic ring is 1. The second kappa shape index (κ2) is 4.89. The summed E-state index contributed by atoms with van der Waals surface area (Å²) in [7, 11) is -3.53. The zero-order chi connectivity index (χ0) is 15.2. The van der Waals surface area contributed by atoms with Gasteiger partial charge in [0.05, 0.1) is 10.9 Å². The minimum absolute atomic E-state index is 0.182. The van der Waals surface area contributed by atoms with Crippen LogP contribution in [0.15, 0.2) is 41.3 Å². The summed E-state index contributed by atoms with van der Waals surface area (Å²) < 4.78 is 29.4. The van der Waals surface area contributed by atoms with Gasteiger partial charge in [0.1, 0.15) is 0 Å². The van der Waals surface area contributed by atoms with E-state index in [9.17, 15) is 8.42 Å². The number of hydrogen-bond acceptors (Lipinski definition) is 3. The van der Waals surface area contributed by atoms with Crippen molar-refractivity contribution in [2.24, 2.45) is 0 Å². The molecule has 2 N–H and O–H groups in total. The van der Waals surface area contributed by atoms with E-state index in [4.69, 9.17) is 5.73 Å². The lowest BCUT2D eigenvalue weighted by molar-refractivity contribution is 0.280. The van der Waals surface area contributed by atoms with Gasteiger partial charge in [-0.05, 0) is 44.2 Å². The molecule has 0 spiro atoms. The molecule has 1 aromatic carbocycles. The van der Waals surface area contributed by atoms with E-state index in [0.717, 1.165) is 11.4 Å². The third-order valence-electron chi connectivity index (χ3n) is 4.10. The van der Waals surface area contributed by atoms with E-state index in [0.29, 0.717) is 18.8 Å². The molecule has 1 aromatic heterocycles. The summed E-state index contributed by atoms with van der Waals surface area (Å²) in [5.74, 6) is 0. The van der Waals surface area contributed by atoms with Crippen molar-refractivity contribution in [3.63, 3.8) is 0 Å². The molecule has 0 aliphatic carbocycles. The Kier molecular flexibility index (Phi) is 3.30. The quantitative estimate of drug-likeness (QED) is 0.864. The number of anilines is 1. The lowest BCUT2D eigenvalue weighted by Gasteiger charge is -2.34. The van der Waals surface area contributed by atoms with E-state index < -0.39 is 10.0 Å². The van der Waals surface area contributed by atoms with Gasteiger partial charge in [-0.2, -0.15) is 4.31 Å². The van der Waals surface area contributed by atoms with Crippen LogP contribution in [0.4, 0.5) is 5.69 Å². The fourth-order valence-electron chi connectivity index (χ4n) is 2.94. The summed E-state index contributed by atoms with van der Waals surface area (Å²) in [5.41, 5.74) is 8.37. The van der Waals surface area contributed by atoms with Gasteiger partial charge in [-0.25, -0.2) is 8.42 Å². The smallest absolute Gasteiger partial charge is 0.243 e. The maximum Gasteiger partial charge on any atom is 0.243 e. The first-order valence-electron chi connectivity index (χ1n) is 6.94. The molecule has 5 nitrogen and oxygen atoms in total. The number of fused-ring (bicyclic) bond motifs is 1. The number of rotatable bonds is 2. The van der Waals surface area contributed by atoms with Gasteiger partial charge in [0.15, 0.2) is 0 Å². The van der Waals surface area contributed by atoms with Crippen molar-refractivity contribution >= 4 is 15.7 Å².